The van der Waals surface area contributed by atoms with E-state index in [0.29, 0.717) is 23.8 Å². The van der Waals surface area contributed by atoms with E-state index in [0.717, 1.165) is 11.1 Å². The molecule has 24 heavy (non-hydrogen) atoms. The number of oxime groups is 1. The third-order valence-electron chi connectivity index (χ3n) is 3.34. The molecule has 0 atom stereocenters. The molecule has 0 aliphatic carbocycles. The molecule has 0 N–H and O–H groups in total. The highest BCUT2D eigenvalue weighted by atomic mass is 19.1. The largest absolute Gasteiger partial charge is 0.489 e. The van der Waals surface area contributed by atoms with E-state index in [9.17, 15) is 4.39 Å². The molecule has 0 radical (unpaired) electrons. The zero-order valence-electron chi connectivity index (χ0n) is 13.0. The van der Waals surface area contributed by atoms with Crippen LogP contribution >= 0.6 is 0 Å². The number of hydrogen-bond donors (Lipinski definition) is 0. The first kappa shape index (κ1) is 15.7. The summed E-state index contributed by atoms with van der Waals surface area (Å²) in [4.78, 5) is 4.94. The van der Waals surface area contributed by atoms with Crippen molar-refractivity contribution < 1.29 is 18.5 Å². The van der Waals surface area contributed by atoms with E-state index in [4.69, 9.17) is 14.1 Å². The number of aromatic nitrogens is 1. The lowest BCUT2D eigenvalue weighted by atomic mass is 10.0. The van der Waals surface area contributed by atoms with Crippen molar-refractivity contribution in [1.29, 1.82) is 0 Å². The molecule has 0 unspecified atom stereocenters. The van der Waals surface area contributed by atoms with Crippen molar-refractivity contribution in [3.05, 3.63) is 83.5 Å². The lowest BCUT2D eigenvalue weighted by Gasteiger charge is -2.11. The molecule has 122 valence electrons. The first-order valence-corrected chi connectivity index (χ1v) is 7.26. The Kier molecular flexibility index (Phi) is 4.86. The second-order valence-corrected chi connectivity index (χ2v) is 4.91. The van der Waals surface area contributed by atoms with E-state index < -0.39 is 0 Å². The van der Waals surface area contributed by atoms with Crippen molar-refractivity contribution in [2.24, 2.45) is 5.16 Å². The lowest BCUT2D eigenvalue weighted by molar-refractivity contribution is 0.213. The molecule has 5 nitrogen and oxygen atoms in total. The minimum absolute atomic E-state index is 0.294. The summed E-state index contributed by atoms with van der Waals surface area (Å²) in [5.74, 6) is 0.279. The summed E-state index contributed by atoms with van der Waals surface area (Å²) < 4.78 is 23.6. The van der Waals surface area contributed by atoms with E-state index in [1.165, 1.54) is 25.5 Å². The summed E-state index contributed by atoms with van der Waals surface area (Å²) in [7, 11) is 1.47. The predicted octanol–water partition coefficient (Wildman–Crippen LogP) is 3.79. The van der Waals surface area contributed by atoms with Gasteiger partial charge in [-0.1, -0.05) is 34.6 Å². The number of halogens is 1. The number of benzene rings is 2. The smallest absolute Gasteiger partial charge is 0.139 e. The van der Waals surface area contributed by atoms with Crippen LogP contribution in [0.4, 0.5) is 4.39 Å². The Labute approximate surface area is 138 Å². The van der Waals surface area contributed by atoms with Crippen LogP contribution in [0.2, 0.25) is 0 Å². The van der Waals surface area contributed by atoms with Gasteiger partial charge in [-0.15, -0.1) is 0 Å². The van der Waals surface area contributed by atoms with Gasteiger partial charge in [-0.05, 0) is 29.8 Å². The third kappa shape index (κ3) is 3.60. The fourth-order valence-electron chi connectivity index (χ4n) is 2.23. The van der Waals surface area contributed by atoms with Gasteiger partial charge < -0.3 is 14.1 Å². The van der Waals surface area contributed by atoms with Gasteiger partial charge in [0.2, 0.25) is 0 Å². The molecule has 0 spiro atoms. The van der Waals surface area contributed by atoms with Crippen molar-refractivity contribution in [3.63, 3.8) is 0 Å². The summed E-state index contributed by atoms with van der Waals surface area (Å²) in [6, 6.07) is 15.2. The second-order valence-electron chi connectivity index (χ2n) is 4.91. The third-order valence-corrected chi connectivity index (χ3v) is 3.34. The van der Waals surface area contributed by atoms with Crippen LogP contribution in [0, 0.1) is 5.82 Å². The van der Waals surface area contributed by atoms with Gasteiger partial charge in [0.1, 0.15) is 43.0 Å². The van der Waals surface area contributed by atoms with Crippen LogP contribution in [0.25, 0.3) is 0 Å². The minimum atomic E-state index is -0.303. The van der Waals surface area contributed by atoms with Crippen molar-refractivity contribution >= 4 is 5.71 Å². The van der Waals surface area contributed by atoms with E-state index in [2.05, 4.69) is 10.3 Å². The highest BCUT2D eigenvalue weighted by Crippen LogP contribution is 2.18. The molecule has 0 aliphatic heterocycles. The molecule has 0 bridgehead atoms. The zero-order chi connectivity index (χ0) is 16.8. The van der Waals surface area contributed by atoms with Crippen LogP contribution in [-0.2, 0) is 11.4 Å². The van der Waals surface area contributed by atoms with E-state index >= 15 is 0 Å². The molecule has 2 aromatic carbocycles. The van der Waals surface area contributed by atoms with Crippen LogP contribution in [0.3, 0.4) is 0 Å². The van der Waals surface area contributed by atoms with E-state index in [1.807, 2.05) is 24.3 Å². The summed E-state index contributed by atoms with van der Waals surface area (Å²) >= 11 is 0. The van der Waals surface area contributed by atoms with Gasteiger partial charge in [0.05, 0.1) is 0 Å². The molecule has 1 heterocycles. The maximum atomic E-state index is 13.0. The molecule has 3 rings (SSSR count). The van der Waals surface area contributed by atoms with Gasteiger partial charge >= 0.3 is 0 Å². The van der Waals surface area contributed by atoms with Crippen molar-refractivity contribution in [1.82, 2.24) is 5.16 Å². The predicted molar refractivity (Wildman–Crippen MR) is 86.3 cm³/mol. The molecular formula is C18H15FN2O3. The van der Waals surface area contributed by atoms with E-state index in [-0.39, 0.29) is 5.82 Å². The Morgan fingerprint density at radius 3 is 2.62 bits per heavy atom. The topological polar surface area (TPSA) is 56.9 Å². The molecule has 0 amide bonds. The van der Waals surface area contributed by atoms with Crippen LogP contribution in [-0.4, -0.2) is 18.0 Å². The molecule has 1 aromatic heterocycles. The van der Waals surface area contributed by atoms with Gasteiger partial charge in [-0.2, -0.15) is 0 Å². The van der Waals surface area contributed by atoms with E-state index in [1.54, 1.807) is 18.2 Å². The van der Waals surface area contributed by atoms with Gasteiger partial charge in [0, 0.05) is 11.6 Å². The maximum Gasteiger partial charge on any atom is 0.139 e. The number of rotatable bonds is 6. The van der Waals surface area contributed by atoms with Crippen molar-refractivity contribution in [2.45, 2.75) is 6.61 Å². The molecule has 0 aliphatic rings. The van der Waals surface area contributed by atoms with Gasteiger partial charge in [0.25, 0.3) is 0 Å². The number of ether oxygens (including phenoxy) is 1. The average Bonchev–Trinajstić information content (AvgIpc) is 3.14. The number of nitrogens with zero attached hydrogens (tertiary/aromatic N) is 2. The summed E-state index contributed by atoms with van der Waals surface area (Å²) in [6.45, 7) is 0.294. The molecule has 6 heteroatoms. The van der Waals surface area contributed by atoms with Crippen molar-refractivity contribution in [3.8, 4) is 5.75 Å². The summed E-state index contributed by atoms with van der Waals surface area (Å²) in [5.41, 5.74) is 2.81. The number of hydrogen-bond acceptors (Lipinski definition) is 5. The van der Waals surface area contributed by atoms with Gasteiger partial charge in [0.15, 0.2) is 0 Å². The first-order chi connectivity index (χ1) is 11.8. The average molecular weight is 326 g/mol. The highest BCUT2D eigenvalue weighted by Gasteiger charge is 2.15. The monoisotopic (exact) mass is 326 g/mol. The fourth-order valence-corrected chi connectivity index (χ4v) is 2.23. The van der Waals surface area contributed by atoms with Crippen LogP contribution in [0.1, 0.15) is 16.8 Å². The first-order valence-electron chi connectivity index (χ1n) is 7.26. The second kappa shape index (κ2) is 7.41. The van der Waals surface area contributed by atoms with Gasteiger partial charge in [-0.25, -0.2) is 4.39 Å². The Morgan fingerprint density at radius 2 is 1.92 bits per heavy atom. The Balaban J connectivity index is 1.87. The van der Waals surface area contributed by atoms with Crippen molar-refractivity contribution in [2.75, 3.05) is 7.11 Å². The standard InChI is InChI=1S/C18H15FN2O3/c1-22-21-18(17-10-11-24-20-17)16-5-3-2-4-13(16)12-23-15-8-6-14(19)7-9-15/h2-11H,12H2,1H3. The quantitative estimate of drug-likeness (QED) is 0.511. The maximum absolute atomic E-state index is 13.0. The van der Waals surface area contributed by atoms with Gasteiger partial charge in [-0.3, -0.25) is 0 Å². The highest BCUT2D eigenvalue weighted by molar-refractivity contribution is 6.12. The minimum Gasteiger partial charge on any atom is -0.489 e. The molecular weight excluding hydrogens is 311 g/mol. The zero-order valence-corrected chi connectivity index (χ0v) is 13.0. The Morgan fingerprint density at radius 1 is 1.12 bits per heavy atom. The van der Waals surface area contributed by atoms with Crippen LogP contribution in [0.15, 0.2) is 70.5 Å². The van der Waals surface area contributed by atoms with Crippen LogP contribution in [0.5, 0.6) is 5.75 Å². The normalized spacial score (nSPS) is 11.3. The Hall–Kier alpha value is -3.15. The molecule has 0 saturated carbocycles. The fraction of sp³-hybridized carbons (Fsp3) is 0.111. The summed E-state index contributed by atoms with van der Waals surface area (Å²) in [5, 5.41) is 7.97. The summed E-state index contributed by atoms with van der Waals surface area (Å²) in [6.07, 6.45) is 1.47. The SMILES string of the molecule is CON=C(c1ccon1)c1ccccc1COc1ccc(F)cc1. The molecule has 0 saturated heterocycles. The molecule has 0 fully saturated rings. The lowest BCUT2D eigenvalue weighted by Crippen LogP contribution is -2.10. The molecule has 3 aromatic rings. The Bertz CT molecular complexity index is 815. The van der Waals surface area contributed by atoms with Crippen LogP contribution < -0.4 is 4.74 Å².